The average molecular weight is 610 g/mol. The van der Waals surface area contributed by atoms with E-state index in [9.17, 15) is 9.59 Å². The Morgan fingerprint density at radius 1 is 1.02 bits per heavy atom. The molecule has 3 heterocycles. The molecule has 2 aliphatic carbocycles. The van der Waals surface area contributed by atoms with Crippen molar-refractivity contribution in [2.45, 2.75) is 84.0 Å². The van der Waals surface area contributed by atoms with E-state index in [1.165, 1.54) is 33.4 Å². The summed E-state index contributed by atoms with van der Waals surface area (Å²) in [4.78, 5) is 32.1. The first kappa shape index (κ1) is 29.4. The number of nitrogens with zero attached hydrogens (tertiary/aromatic N) is 2. The van der Waals surface area contributed by atoms with E-state index < -0.39 is 0 Å². The topological polar surface area (TPSA) is 58.1 Å². The van der Waals surface area contributed by atoms with E-state index in [4.69, 9.17) is 11.6 Å². The number of nitrogens with one attached hydrogen (secondary N) is 1. The molecule has 230 valence electrons. The molecule has 0 bridgehead atoms. The average Bonchev–Trinajstić information content (AvgIpc) is 3.34. The van der Waals surface area contributed by atoms with Gasteiger partial charge < -0.3 is 14.5 Å². The van der Waals surface area contributed by atoms with Crippen LogP contribution in [-0.2, 0) is 31.1 Å². The van der Waals surface area contributed by atoms with Crippen molar-refractivity contribution in [3.63, 3.8) is 0 Å². The fourth-order valence-electron chi connectivity index (χ4n) is 8.68. The van der Waals surface area contributed by atoms with Crippen LogP contribution in [0.25, 0.3) is 22.2 Å². The van der Waals surface area contributed by atoms with Gasteiger partial charge in [0.15, 0.2) is 0 Å². The van der Waals surface area contributed by atoms with Crippen molar-refractivity contribution in [1.29, 1.82) is 0 Å². The van der Waals surface area contributed by atoms with Gasteiger partial charge in [0.25, 0.3) is 5.56 Å². The Morgan fingerprint density at radius 3 is 2.55 bits per heavy atom. The van der Waals surface area contributed by atoms with Crippen LogP contribution in [0, 0.1) is 11.3 Å². The third-order valence-electron chi connectivity index (χ3n) is 10.5. The number of H-pyrrole nitrogens is 1. The maximum atomic E-state index is 14.0. The van der Waals surface area contributed by atoms with Crippen LogP contribution in [0.4, 0.5) is 0 Å². The van der Waals surface area contributed by atoms with E-state index in [-0.39, 0.29) is 28.7 Å². The number of amides is 1. The lowest BCUT2D eigenvalue weighted by molar-refractivity contribution is -0.132. The number of hydrogen-bond acceptors (Lipinski definition) is 2. The molecule has 1 amide bonds. The van der Waals surface area contributed by atoms with Crippen LogP contribution in [0.2, 0.25) is 5.02 Å². The fraction of sp³-hybridized carbons (Fsp3) is 0.474. The second-order valence-corrected chi connectivity index (χ2v) is 15.2. The van der Waals surface area contributed by atoms with Crippen molar-refractivity contribution in [2.75, 3.05) is 13.1 Å². The summed E-state index contributed by atoms with van der Waals surface area (Å²) in [6.45, 7) is 8.42. The molecule has 5 nitrogen and oxygen atoms in total. The minimum Gasteiger partial charge on any atom is -0.349 e. The van der Waals surface area contributed by atoms with Crippen LogP contribution in [0.5, 0.6) is 0 Å². The Balaban J connectivity index is 1.13. The van der Waals surface area contributed by atoms with E-state index in [2.05, 4.69) is 61.0 Å². The second-order valence-electron chi connectivity index (χ2n) is 14.8. The summed E-state index contributed by atoms with van der Waals surface area (Å²) in [5.41, 5.74) is 11.2. The van der Waals surface area contributed by atoms with E-state index in [1.54, 1.807) is 0 Å². The second kappa shape index (κ2) is 11.2. The van der Waals surface area contributed by atoms with Crippen molar-refractivity contribution in [3.05, 3.63) is 91.9 Å². The molecule has 1 N–H and O–H groups in total. The first-order valence-corrected chi connectivity index (χ1v) is 16.8. The predicted octanol–water partition coefficient (Wildman–Crippen LogP) is 8.16. The summed E-state index contributed by atoms with van der Waals surface area (Å²) in [6, 6.07) is 14.9. The van der Waals surface area contributed by atoms with Gasteiger partial charge in [0.2, 0.25) is 5.91 Å². The van der Waals surface area contributed by atoms with Crippen LogP contribution in [0.15, 0.2) is 53.5 Å². The van der Waals surface area contributed by atoms with Crippen LogP contribution >= 0.6 is 11.6 Å². The number of aryl methyl sites for hydroxylation is 1. The van der Waals surface area contributed by atoms with Gasteiger partial charge in [-0.15, -0.1) is 0 Å². The van der Waals surface area contributed by atoms with Crippen LogP contribution in [-0.4, -0.2) is 33.4 Å². The quantitative estimate of drug-likeness (QED) is 0.254. The highest BCUT2D eigenvalue weighted by atomic mass is 35.5. The molecular weight excluding hydrogens is 566 g/mol. The van der Waals surface area contributed by atoms with Gasteiger partial charge in [-0.1, -0.05) is 56.6 Å². The molecule has 2 aromatic heterocycles. The molecule has 6 heteroatoms. The summed E-state index contributed by atoms with van der Waals surface area (Å²) in [7, 11) is 2.01. The summed E-state index contributed by atoms with van der Waals surface area (Å²) >= 11 is 6.63. The number of aromatic nitrogens is 2. The minimum atomic E-state index is 0.00446. The van der Waals surface area contributed by atoms with Crippen LogP contribution in [0.1, 0.15) is 92.5 Å². The monoisotopic (exact) mass is 609 g/mol. The maximum absolute atomic E-state index is 14.0. The molecule has 2 unspecified atom stereocenters. The van der Waals surface area contributed by atoms with E-state index in [1.807, 2.05) is 29.9 Å². The molecule has 0 saturated carbocycles. The highest BCUT2D eigenvalue weighted by molar-refractivity contribution is 6.31. The standard InChI is InChI=1S/C38H44ClN3O2/c1-38(2,3)22-23-18-25-8-9-28-27-6-5-7-32(39)29(27)10-11-30(28)36(25)26(19-23)20-35(43)42-16-12-24(13-17-42)31-21-34-33(40-37(31)44)14-15-41(34)4/h5-9,14-15,21,23-24,26H,10-13,16-20,22H2,1-4H3,(H,40,44). The van der Waals surface area contributed by atoms with Gasteiger partial charge >= 0.3 is 0 Å². The zero-order valence-corrected chi connectivity index (χ0v) is 27.3. The van der Waals surface area contributed by atoms with Gasteiger partial charge in [0.05, 0.1) is 11.0 Å². The molecule has 2 atom stereocenters. The number of halogens is 1. The van der Waals surface area contributed by atoms with E-state index in [0.29, 0.717) is 25.4 Å². The molecule has 3 aliphatic rings. The molecule has 1 aliphatic heterocycles. The third kappa shape index (κ3) is 5.42. The SMILES string of the molecule is Cn1ccc2[nH]c(=O)c(C3CCN(C(=O)CC4CC(CC(C)(C)C)Cc5ccc6c(c54)CCc4c(Cl)cccc4-6)CC3)cc21. The molecule has 0 spiro atoms. The van der Waals surface area contributed by atoms with E-state index in [0.717, 1.165) is 66.6 Å². The number of aromatic amines is 1. The summed E-state index contributed by atoms with van der Waals surface area (Å²) in [5, 5.41) is 0.858. The fourth-order valence-corrected chi connectivity index (χ4v) is 8.94. The Hall–Kier alpha value is -3.31. The van der Waals surface area contributed by atoms with Crippen LogP contribution in [0.3, 0.4) is 0 Å². The number of fused-ring (bicyclic) bond motifs is 6. The number of benzene rings is 2. The summed E-state index contributed by atoms with van der Waals surface area (Å²) in [5.74, 6) is 1.25. The van der Waals surface area contributed by atoms with Gasteiger partial charge in [0, 0.05) is 43.3 Å². The highest BCUT2D eigenvalue weighted by Crippen LogP contribution is 2.48. The largest absolute Gasteiger partial charge is 0.349 e. The first-order chi connectivity index (χ1) is 21.1. The van der Waals surface area contributed by atoms with Crippen molar-refractivity contribution in [2.24, 2.45) is 18.4 Å². The zero-order chi connectivity index (χ0) is 30.7. The number of carbonyl (C=O) groups excluding carboxylic acids is 1. The molecule has 4 aromatic rings. The Bertz CT molecular complexity index is 1800. The molecule has 7 rings (SSSR count). The van der Waals surface area contributed by atoms with Crippen molar-refractivity contribution in [1.82, 2.24) is 14.5 Å². The smallest absolute Gasteiger partial charge is 0.252 e. The first-order valence-electron chi connectivity index (χ1n) is 16.4. The number of hydrogen-bond donors (Lipinski definition) is 1. The Kier molecular flexibility index (Phi) is 7.51. The third-order valence-corrected chi connectivity index (χ3v) is 10.9. The number of pyridine rings is 1. The molecule has 44 heavy (non-hydrogen) atoms. The highest BCUT2D eigenvalue weighted by Gasteiger charge is 2.36. The molecule has 2 aromatic carbocycles. The lowest BCUT2D eigenvalue weighted by Crippen LogP contribution is -2.40. The Morgan fingerprint density at radius 2 is 1.77 bits per heavy atom. The van der Waals surface area contributed by atoms with Crippen molar-refractivity contribution < 1.29 is 4.79 Å². The number of carbonyl (C=O) groups is 1. The minimum absolute atomic E-state index is 0.00446. The maximum Gasteiger partial charge on any atom is 0.252 e. The van der Waals surface area contributed by atoms with Gasteiger partial charge in [-0.05, 0) is 120 Å². The number of piperidine rings is 1. The number of rotatable bonds is 4. The van der Waals surface area contributed by atoms with E-state index >= 15 is 0 Å². The van der Waals surface area contributed by atoms with Crippen LogP contribution < -0.4 is 5.56 Å². The normalized spacial score (nSPS) is 20.3. The summed E-state index contributed by atoms with van der Waals surface area (Å²) in [6.07, 6.45) is 9.45. The summed E-state index contributed by atoms with van der Waals surface area (Å²) < 4.78 is 2.05. The van der Waals surface area contributed by atoms with Gasteiger partial charge in [-0.25, -0.2) is 0 Å². The molecule has 0 radical (unpaired) electrons. The predicted molar refractivity (Wildman–Crippen MR) is 180 cm³/mol. The molecule has 1 saturated heterocycles. The van der Waals surface area contributed by atoms with Crippen molar-refractivity contribution in [3.8, 4) is 11.1 Å². The molecule has 1 fully saturated rings. The van der Waals surface area contributed by atoms with Gasteiger partial charge in [-0.2, -0.15) is 0 Å². The number of likely N-dealkylation sites (tertiary alicyclic amines) is 1. The lowest BCUT2D eigenvalue weighted by Gasteiger charge is -2.39. The molecular formula is C38H44ClN3O2. The lowest BCUT2D eigenvalue weighted by atomic mass is 9.67. The van der Waals surface area contributed by atoms with Crippen molar-refractivity contribution >= 4 is 28.5 Å². The van der Waals surface area contributed by atoms with Gasteiger partial charge in [0.1, 0.15) is 0 Å². The Labute approximate surface area is 265 Å². The van der Waals surface area contributed by atoms with Gasteiger partial charge in [-0.3, -0.25) is 9.59 Å². The zero-order valence-electron chi connectivity index (χ0n) is 26.5.